The Morgan fingerprint density at radius 2 is 1.54 bits per heavy atom. The van der Waals surface area contributed by atoms with Gasteiger partial charge in [-0.15, -0.1) is 0 Å². The maximum atomic E-state index is 14.0. The number of rotatable bonds is 13. The number of hydrogen-bond donors (Lipinski definition) is 1. The second kappa shape index (κ2) is 13.7. The maximum absolute atomic E-state index is 14.0. The molecule has 0 aliphatic carbocycles. The highest BCUT2D eigenvalue weighted by atomic mass is 32.2. The minimum atomic E-state index is -4.14. The van der Waals surface area contributed by atoms with E-state index in [2.05, 4.69) is 5.32 Å². The van der Waals surface area contributed by atoms with Crippen molar-refractivity contribution in [3.63, 3.8) is 0 Å². The van der Waals surface area contributed by atoms with Gasteiger partial charge in [0.1, 0.15) is 24.1 Å². The largest absolute Gasteiger partial charge is 0.497 e. The van der Waals surface area contributed by atoms with Gasteiger partial charge in [-0.3, -0.25) is 13.9 Å². The molecule has 3 aromatic rings. The number of nitrogens with one attached hydrogen (secondary N) is 1. The van der Waals surface area contributed by atoms with Crippen LogP contribution in [0.3, 0.4) is 0 Å². The van der Waals surface area contributed by atoms with Crippen molar-refractivity contribution >= 4 is 27.5 Å². The standard InChI is InChI=1S/C29H35N3O6S/c1-5-27(29(34)30-6-2)31(20-22-11-10-14-25(19-22)38-4)28(33)21-32(23-12-8-7-9-13-23)39(35,36)26-17-15-24(37-3)16-18-26/h7-19,27H,5-6,20-21H2,1-4H3,(H,30,34). The Balaban J connectivity index is 2.03. The van der Waals surface area contributed by atoms with Gasteiger partial charge in [0.15, 0.2) is 0 Å². The third-order valence-corrected chi connectivity index (χ3v) is 7.98. The van der Waals surface area contributed by atoms with E-state index in [1.807, 2.05) is 13.0 Å². The number of hydrogen-bond acceptors (Lipinski definition) is 6. The monoisotopic (exact) mass is 553 g/mol. The summed E-state index contributed by atoms with van der Waals surface area (Å²) in [7, 11) is -1.10. The van der Waals surface area contributed by atoms with Crippen molar-refractivity contribution in [1.82, 2.24) is 10.2 Å². The van der Waals surface area contributed by atoms with Gasteiger partial charge >= 0.3 is 0 Å². The zero-order valence-electron chi connectivity index (χ0n) is 22.7. The molecule has 10 heteroatoms. The van der Waals surface area contributed by atoms with E-state index in [1.54, 1.807) is 74.7 Å². The molecule has 2 amide bonds. The Labute approximate surface area is 230 Å². The van der Waals surface area contributed by atoms with Crippen molar-refractivity contribution < 1.29 is 27.5 Å². The SMILES string of the molecule is CCNC(=O)C(CC)N(Cc1cccc(OC)c1)C(=O)CN(c1ccccc1)S(=O)(=O)c1ccc(OC)cc1. The molecule has 3 rings (SSSR count). The first-order valence-corrected chi connectivity index (χ1v) is 14.1. The van der Waals surface area contributed by atoms with Gasteiger partial charge in [-0.1, -0.05) is 37.3 Å². The van der Waals surface area contributed by atoms with Gasteiger partial charge in [-0.25, -0.2) is 8.42 Å². The topological polar surface area (TPSA) is 105 Å². The first-order chi connectivity index (χ1) is 18.7. The summed E-state index contributed by atoms with van der Waals surface area (Å²) < 4.78 is 39.2. The van der Waals surface area contributed by atoms with Crippen LogP contribution >= 0.6 is 0 Å². The van der Waals surface area contributed by atoms with Crippen LogP contribution in [0.25, 0.3) is 0 Å². The molecule has 1 atom stereocenters. The van der Waals surface area contributed by atoms with Crippen molar-refractivity contribution in [3.8, 4) is 11.5 Å². The lowest BCUT2D eigenvalue weighted by Gasteiger charge is -2.33. The van der Waals surface area contributed by atoms with Crippen LogP contribution in [-0.4, -0.2) is 58.5 Å². The normalized spacial score (nSPS) is 11.8. The van der Waals surface area contributed by atoms with Crippen LogP contribution in [0, 0.1) is 0 Å². The molecule has 208 valence electrons. The van der Waals surface area contributed by atoms with Gasteiger partial charge in [0.05, 0.1) is 24.8 Å². The van der Waals surface area contributed by atoms with E-state index in [-0.39, 0.29) is 17.3 Å². The molecular formula is C29H35N3O6S. The lowest BCUT2D eigenvalue weighted by molar-refractivity contribution is -0.140. The van der Waals surface area contributed by atoms with Crippen LogP contribution in [0.5, 0.6) is 11.5 Å². The zero-order chi connectivity index (χ0) is 28.4. The number of sulfonamides is 1. The second-order valence-electron chi connectivity index (χ2n) is 8.71. The van der Waals surface area contributed by atoms with E-state index >= 15 is 0 Å². The minimum Gasteiger partial charge on any atom is -0.497 e. The highest BCUT2D eigenvalue weighted by Gasteiger charge is 2.33. The molecule has 39 heavy (non-hydrogen) atoms. The van der Waals surface area contributed by atoms with Gasteiger partial charge in [0, 0.05) is 13.1 Å². The van der Waals surface area contributed by atoms with Gasteiger partial charge in [0.2, 0.25) is 11.8 Å². The fraction of sp³-hybridized carbons (Fsp3) is 0.310. The summed E-state index contributed by atoms with van der Waals surface area (Å²) in [6.07, 6.45) is 0.345. The fourth-order valence-corrected chi connectivity index (χ4v) is 5.59. The Morgan fingerprint density at radius 3 is 2.13 bits per heavy atom. The number of anilines is 1. The van der Waals surface area contributed by atoms with Gasteiger partial charge in [0.25, 0.3) is 10.0 Å². The molecule has 0 saturated heterocycles. The predicted octanol–water partition coefficient (Wildman–Crippen LogP) is 3.84. The smallest absolute Gasteiger partial charge is 0.264 e. The summed E-state index contributed by atoms with van der Waals surface area (Å²) in [4.78, 5) is 28.4. The number of methoxy groups -OCH3 is 2. The number of likely N-dealkylation sites (N-methyl/N-ethyl adjacent to an activating group) is 1. The number of ether oxygens (including phenoxy) is 2. The first kappa shape index (κ1) is 29.5. The fourth-order valence-electron chi connectivity index (χ4n) is 4.18. The molecule has 3 aromatic carbocycles. The van der Waals surface area contributed by atoms with E-state index in [0.717, 1.165) is 9.87 Å². The average Bonchev–Trinajstić information content (AvgIpc) is 2.96. The lowest BCUT2D eigenvalue weighted by atomic mass is 10.1. The summed E-state index contributed by atoms with van der Waals surface area (Å²) in [5.74, 6) is 0.296. The molecule has 0 saturated carbocycles. The first-order valence-electron chi connectivity index (χ1n) is 12.7. The summed E-state index contributed by atoms with van der Waals surface area (Å²) in [5, 5.41) is 2.79. The van der Waals surface area contributed by atoms with Crippen molar-refractivity contribution in [2.45, 2.75) is 37.8 Å². The van der Waals surface area contributed by atoms with Gasteiger partial charge < -0.3 is 19.7 Å². The van der Waals surface area contributed by atoms with E-state index < -0.39 is 28.5 Å². The van der Waals surface area contributed by atoms with Crippen molar-refractivity contribution in [1.29, 1.82) is 0 Å². The van der Waals surface area contributed by atoms with Crippen LogP contribution in [-0.2, 0) is 26.2 Å². The van der Waals surface area contributed by atoms with Crippen LogP contribution in [0.15, 0.2) is 83.8 Å². The zero-order valence-corrected chi connectivity index (χ0v) is 23.5. The number of benzene rings is 3. The summed E-state index contributed by atoms with van der Waals surface area (Å²) >= 11 is 0. The van der Waals surface area contributed by atoms with E-state index in [0.29, 0.717) is 30.2 Å². The Hall–Kier alpha value is -4.05. The Kier molecular flexibility index (Phi) is 10.3. The third-order valence-electron chi connectivity index (χ3n) is 6.19. The number of para-hydroxylation sites is 1. The molecule has 0 aliphatic heterocycles. The highest BCUT2D eigenvalue weighted by molar-refractivity contribution is 7.92. The van der Waals surface area contributed by atoms with Crippen LogP contribution < -0.4 is 19.1 Å². The molecule has 0 spiro atoms. The Morgan fingerprint density at radius 1 is 0.872 bits per heavy atom. The number of nitrogens with zero attached hydrogens (tertiary/aromatic N) is 2. The molecule has 0 heterocycles. The maximum Gasteiger partial charge on any atom is 0.264 e. The number of amides is 2. The summed E-state index contributed by atoms with van der Waals surface area (Å²) in [6.45, 7) is 3.61. The van der Waals surface area contributed by atoms with E-state index in [1.165, 1.54) is 24.1 Å². The molecular weight excluding hydrogens is 518 g/mol. The molecule has 1 unspecified atom stereocenters. The quantitative estimate of drug-likeness (QED) is 0.345. The third kappa shape index (κ3) is 7.29. The van der Waals surface area contributed by atoms with Crippen molar-refractivity contribution in [2.75, 3.05) is 31.6 Å². The van der Waals surface area contributed by atoms with Crippen molar-refractivity contribution in [2.24, 2.45) is 0 Å². The number of carbonyl (C=O) groups is 2. The molecule has 0 radical (unpaired) electrons. The number of carbonyl (C=O) groups excluding carboxylic acids is 2. The van der Waals surface area contributed by atoms with Crippen LogP contribution in [0.2, 0.25) is 0 Å². The van der Waals surface area contributed by atoms with Gasteiger partial charge in [-0.2, -0.15) is 0 Å². The predicted molar refractivity (Wildman–Crippen MR) is 150 cm³/mol. The molecule has 0 aromatic heterocycles. The van der Waals surface area contributed by atoms with E-state index in [4.69, 9.17) is 9.47 Å². The molecule has 9 nitrogen and oxygen atoms in total. The van der Waals surface area contributed by atoms with Crippen molar-refractivity contribution in [3.05, 3.63) is 84.4 Å². The molecule has 0 fully saturated rings. The molecule has 0 aliphatic rings. The highest BCUT2D eigenvalue weighted by Crippen LogP contribution is 2.26. The lowest BCUT2D eigenvalue weighted by Crippen LogP contribution is -2.52. The molecule has 1 N–H and O–H groups in total. The average molecular weight is 554 g/mol. The van der Waals surface area contributed by atoms with Crippen LogP contribution in [0.1, 0.15) is 25.8 Å². The van der Waals surface area contributed by atoms with E-state index in [9.17, 15) is 18.0 Å². The summed E-state index contributed by atoms with van der Waals surface area (Å²) in [6, 6.07) is 20.8. The minimum absolute atomic E-state index is 0.00932. The second-order valence-corrected chi connectivity index (χ2v) is 10.6. The molecule has 0 bridgehead atoms. The summed E-state index contributed by atoms with van der Waals surface area (Å²) in [5.41, 5.74) is 1.07. The Bertz CT molecular complexity index is 1350. The van der Waals surface area contributed by atoms with Crippen LogP contribution in [0.4, 0.5) is 5.69 Å². The van der Waals surface area contributed by atoms with Gasteiger partial charge in [-0.05, 0) is 67.4 Å².